The first-order valence-electron chi connectivity index (χ1n) is 8.78. The lowest BCUT2D eigenvalue weighted by atomic mass is 9.93. The highest BCUT2D eigenvalue weighted by atomic mass is 16.5. The summed E-state index contributed by atoms with van der Waals surface area (Å²) in [5.74, 6) is -0.846. The van der Waals surface area contributed by atoms with Crippen molar-refractivity contribution in [2.45, 2.75) is 50.7 Å². The molecule has 2 N–H and O–H groups in total. The number of hydrogen-bond donors (Lipinski definition) is 2. The third kappa shape index (κ3) is 6.05. The molecule has 0 aromatic heterocycles. The number of piperidine rings is 1. The van der Waals surface area contributed by atoms with Crippen LogP contribution in [0, 0.1) is 0 Å². The molecule has 1 heterocycles. The van der Waals surface area contributed by atoms with Gasteiger partial charge in [0.2, 0.25) is 0 Å². The van der Waals surface area contributed by atoms with Crippen molar-refractivity contribution in [3.8, 4) is 0 Å². The van der Waals surface area contributed by atoms with E-state index in [1.807, 2.05) is 30.3 Å². The van der Waals surface area contributed by atoms with Crippen LogP contribution in [-0.4, -0.2) is 53.8 Å². The summed E-state index contributed by atoms with van der Waals surface area (Å²) in [6.45, 7) is 3.35. The summed E-state index contributed by atoms with van der Waals surface area (Å²) in [4.78, 5) is 25.3. The number of ether oxygens (including phenoxy) is 1. The number of rotatable bonds is 7. The summed E-state index contributed by atoms with van der Waals surface area (Å²) in [7, 11) is 1.71. The number of nitrogens with one attached hydrogen (secondary N) is 1. The second-order valence-corrected chi connectivity index (χ2v) is 6.91. The van der Waals surface area contributed by atoms with E-state index in [1.165, 1.54) is 0 Å². The Hall–Kier alpha value is -2.08. The van der Waals surface area contributed by atoms with Crippen molar-refractivity contribution in [3.63, 3.8) is 0 Å². The van der Waals surface area contributed by atoms with Crippen molar-refractivity contribution < 1.29 is 19.4 Å². The van der Waals surface area contributed by atoms with E-state index in [4.69, 9.17) is 9.84 Å². The second-order valence-electron chi connectivity index (χ2n) is 6.91. The zero-order valence-corrected chi connectivity index (χ0v) is 15.0. The van der Waals surface area contributed by atoms with E-state index >= 15 is 0 Å². The van der Waals surface area contributed by atoms with Gasteiger partial charge in [0, 0.05) is 32.7 Å². The topological polar surface area (TPSA) is 78.9 Å². The zero-order valence-electron chi connectivity index (χ0n) is 15.0. The van der Waals surface area contributed by atoms with Gasteiger partial charge in [-0.2, -0.15) is 0 Å². The van der Waals surface area contributed by atoms with E-state index in [-0.39, 0.29) is 24.1 Å². The van der Waals surface area contributed by atoms with Crippen LogP contribution in [-0.2, 0) is 16.0 Å². The van der Waals surface area contributed by atoms with Gasteiger partial charge in [-0.25, -0.2) is 4.79 Å². The van der Waals surface area contributed by atoms with Crippen LogP contribution in [0.5, 0.6) is 0 Å². The van der Waals surface area contributed by atoms with Gasteiger partial charge in [-0.3, -0.25) is 4.79 Å². The first-order valence-corrected chi connectivity index (χ1v) is 8.78. The molecule has 2 amide bonds. The molecular formula is C19H28N2O4. The number of benzene rings is 1. The summed E-state index contributed by atoms with van der Waals surface area (Å²) in [6.07, 6.45) is 2.69. The number of likely N-dealkylation sites (tertiary alicyclic amines) is 1. The van der Waals surface area contributed by atoms with E-state index in [2.05, 4.69) is 12.2 Å². The number of amides is 2. The largest absolute Gasteiger partial charge is 0.481 e. The molecular weight excluding hydrogens is 320 g/mol. The predicted octanol–water partition coefficient (Wildman–Crippen LogP) is 2.67. The fraction of sp³-hybridized carbons (Fsp3) is 0.579. The maximum absolute atomic E-state index is 12.6. The van der Waals surface area contributed by atoms with Crippen LogP contribution in [0.15, 0.2) is 30.3 Å². The molecule has 0 radical (unpaired) electrons. The molecule has 1 aliphatic heterocycles. The van der Waals surface area contributed by atoms with Crippen LogP contribution in [0.1, 0.15) is 38.2 Å². The van der Waals surface area contributed by atoms with Crippen molar-refractivity contribution in [1.29, 1.82) is 0 Å². The number of carbonyl (C=O) groups is 2. The molecule has 138 valence electrons. The van der Waals surface area contributed by atoms with Crippen LogP contribution >= 0.6 is 0 Å². The van der Waals surface area contributed by atoms with Crippen molar-refractivity contribution in [3.05, 3.63) is 35.9 Å². The average Bonchev–Trinajstić information content (AvgIpc) is 2.61. The minimum atomic E-state index is -0.846. The van der Waals surface area contributed by atoms with Crippen molar-refractivity contribution in [2.75, 3.05) is 20.2 Å². The molecule has 1 fully saturated rings. The van der Waals surface area contributed by atoms with Crippen molar-refractivity contribution in [1.82, 2.24) is 10.2 Å². The number of urea groups is 1. The number of methoxy groups -OCH3 is 1. The summed E-state index contributed by atoms with van der Waals surface area (Å²) in [5.41, 5.74) is 0.924. The average molecular weight is 348 g/mol. The first-order chi connectivity index (χ1) is 11.9. The summed E-state index contributed by atoms with van der Waals surface area (Å²) in [5, 5.41) is 12.0. The van der Waals surface area contributed by atoms with Crippen LogP contribution in [0.25, 0.3) is 0 Å². The van der Waals surface area contributed by atoms with Gasteiger partial charge in [0.1, 0.15) is 0 Å². The van der Waals surface area contributed by atoms with Gasteiger partial charge in [-0.15, -0.1) is 0 Å². The fourth-order valence-corrected chi connectivity index (χ4v) is 3.07. The van der Waals surface area contributed by atoms with Gasteiger partial charge in [0.05, 0.1) is 5.60 Å². The highest BCUT2D eigenvalue weighted by Gasteiger charge is 2.32. The standard InChI is InChI=1S/C19H28N2O4/c1-19(25-2)10-12-21(13-11-19)18(24)20-16(8-9-17(22)23)14-15-6-4-3-5-7-15/h3-7,16H,8-14H2,1-2H3,(H,20,24)(H,22,23). The number of carboxylic acid groups (broad SMARTS) is 1. The van der Waals surface area contributed by atoms with Gasteiger partial charge >= 0.3 is 12.0 Å². The molecule has 1 aromatic carbocycles. The van der Waals surface area contributed by atoms with Gasteiger partial charge < -0.3 is 20.1 Å². The first kappa shape index (κ1) is 19.2. The Morgan fingerprint density at radius 3 is 2.48 bits per heavy atom. The summed E-state index contributed by atoms with van der Waals surface area (Å²) < 4.78 is 5.51. The Kier molecular flexibility index (Phi) is 6.82. The van der Waals surface area contributed by atoms with Crippen LogP contribution < -0.4 is 5.32 Å². The van der Waals surface area contributed by atoms with Gasteiger partial charge in [0.15, 0.2) is 0 Å². The third-order valence-electron chi connectivity index (χ3n) is 4.96. The van der Waals surface area contributed by atoms with E-state index in [0.29, 0.717) is 25.9 Å². The molecule has 1 aliphatic rings. The Bertz CT molecular complexity index is 568. The maximum Gasteiger partial charge on any atom is 0.317 e. The molecule has 1 atom stereocenters. The summed E-state index contributed by atoms with van der Waals surface area (Å²) in [6, 6.07) is 9.50. The molecule has 1 saturated heterocycles. The lowest BCUT2D eigenvalue weighted by Gasteiger charge is -2.38. The number of hydrogen-bond acceptors (Lipinski definition) is 3. The van der Waals surface area contributed by atoms with Crippen LogP contribution in [0.3, 0.4) is 0 Å². The minimum absolute atomic E-state index is 0.0412. The molecule has 0 bridgehead atoms. The smallest absolute Gasteiger partial charge is 0.317 e. The predicted molar refractivity (Wildman–Crippen MR) is 95.6 cm³/mol. The van der Waals surface area contributed by atoms with E-state index in [0.717, 1.165) is 18.4 Å². The second kappa shape index (κ2) is 8.85. The SMILES string of the molecule is COC1(C)CCN(C(=O)NC(CCC(=O)O)Cc2ccccc2)CC1. The number of nitrogens with zero attached hydrogens (tertiary/aromatic N) is 1. The number of aliphatic carboxylic acids is 1. The zero-order chi connectivity index (χ0) is 18.3. The maximum atomic E-state index is 12.6. The van der Waals surface area contributed by atoms with Crippen molar-refractivity contribution in [2.24, 2.45) is 0 Å². The Labute approximate surface area is 149 Å². The lowest BCUT2D eigenvalue weighted by molar-refractivity contribution is -0.137. The molecule has 6 nitrogen and oxygen atoms in total. The fourth-order valence-electron chi connectivity index (χ4n) is 3.07. The number of carboxylic acids is 1. The normalized spacial score (nSPS) is 17.8. The van der Waals surface area contributed by atoms with Crippen molar-refractivity contribution >= 4 is 12.0 Å². The molecule has 25 heavy (non-hydrogen) atoms. The molecule has 0 aliphatic carbocycles. The molecule has 6 heteroatoms. The molecule has 1 unspecified atom stereocenters. The Morgan fingerprint density at radius 1 is 1.28 bits per heavy atom. The van der Waals surface area contributed by atoms with E-state index in [1.54, 1.807) is 12.0 Å². The Balaban J connectivity index is 1.93. The van der Waals surface area contributed by atoms with Crippen LogP contribution in [0.4, 0.5) is 4.79 Å². The molecule has 1 aromatic rings. The molecule has 2 rings (SSSR count). The monoisotopic (exact) mass is 348 g/mol. The highest BCUT2D eigenvalue weighted by Crippen LogP contribution is 2.25. The number of carbonyl (C=O) groups excluding carboxylic acids is 1. The van der Waals surface area contributed by atoms with E-state index < -0.39 is 5.97 Å². The quantitative estimate of drug-likeness (QED) is 0.794. The van der Waals surface area contributed by atoms with Gasteiger partial charge in [0.25, 0.3) is 0 Å². The Morgan fingerprint density at radius 2 is 1.92 bits per heavy atom. The molecule has 0 spiro atoms. The lowest BCUT2D eigenvalue weighted by Crippen LogP contribution is -2.51. The van der Waals surface area contributed by atoms with Crippen LogP contribution in [0.2, 0.25) is 0 Å². The molecule has 0 saturated carbocycles. The summed E-state index contributed by atoms with van der Waals surface area (Å²) >= 11 is 0. The minimum Gasteiger partial charge on any atom is -0.481 e. The third-order valence-corrected chi connectivity index (χ3v) is 4.96. The highest BCUT2D eigenvalue weighted by molar-refractivity contribution is 5.75. The van der Waals surface area contributed by atoms with Gasteiger partial charge in [-0.05, 0) is 38.2 Å². The van der Waals surface area contributed by atoms with Gasteiger partial charge in [-0.1, -0.05) is 30.3 Å². The van der Waals surface area contributed by atoms with E-state index in [9.17, 15) is 9.59 Å².